The van der Waals surface area contributed by atoms with Crippen LogP contribution in [0, 0.1) is 0 Å². The Hall–Kier alpha value is -1.10. The average molecular weight is 386 g/mol. The zero-order valence-electron chi connectivity index (χ0n) is 18.3. The molecule has 5 heteroatoms. The lowest BCUT2D eigenvalue weighted by Crippen LogP contribution is -2.52. The number of quaternary nitrogens is 1. The van der Waals surface area contributed by atoms with Gasteiger partial charge in [0.25, 0.3) is 0 Å². The summed E-state index contributed by atoms with van der Waals surface area (Å²) in [5.41, 5.74) is 0. The first kappa shape index (κ1) is 25.9. The summed E-state index contributed by atoms with van der Waals surface area (Å²) >= 11 is 0. The minimum atomic E-state index is -1.08. The van der Waals surface area contributed by atoms with Crippen molar-refractivity contribution in [3.05, 3.63) is 0 Å². The van der Waals surface area contributed by atoms with Crippen LogP contribution < -0.4 is 5.11 Å². The maximum absolute atomic E-state index is 11.3. The quantitative estimate of drug-likeness (QED) is 0.204. The fraction of sp³-hybridized carbons (Fsp3) is 0.909. The minimum Gasteiger partial charge on any atom is -0.544 e. The molecule has 0 rings (SSSR count). The predicted octanol–water partition coefficient (Wildman–Crippen LogP) is 3.84. The van der Waals surface area contributed by atoms with Gasteiger partial charge in [0.1, 0.15) is 13.1 Å². The molecule has 0 aromatic rings. The first-order chi connectivity index (χ1) is 12.8. The van der Waals surface area contributed by atoms with Crippen LogP contribution in [-0.4, -0.2) is 49.7 Å². The second-order valence-electron chi connectivity index (χ2n) is 8.56. The van der Waals surface area contributed by atoms with Gasteiger partial charge in [-0.25, -0.2) is 0 Å². The number of carboxylic acid groups (broad SMARTS) is 1. The van der Waals surface area contributed by atoms with Crippen LogP contribution in [0.3, 0.4) is 0 Å². The molecule has 0 amide bonds. The molecular weight excluding hydrogens is 342 g/mol. The number of esters is 1. The van der Waals surface area contributed by atoms with Crippen LogP contribution in [0.5, 0.6) is 0 Å². The first-order valence-electron chi connectivity index (χ1n) is 11.0. The van der Waals surface area contributed by atoms with Gasteiger partial charge < -0.3 is 19.1 Å². The van der Waals surface area contributed by atoms with E-state index in [2.05, 4.69) is 6.92 Å². The Bertz CT molecular complexity index is 396. The van der Waals surface area contributed by atoms with Crippen molar-refractivity contribution in [3.63, 3.8) is 0 Å². The Morgan fingerprint density at radius 3 is 1.70 bits per heavy atom. The van der Waals surface area contributed by atoms with E-state index < -0.39 is 5.97 Å². The normalized spacial score (nSPS) is 12.7. The molecule has 1 unspecified atom stereocenters. The van der Waals surface area contributed by atoms with Gasteiger partial charge in [0, 0.05) is 6.92 Å². The third-order valence-corrected chi connectivity index (χ3v) is 4.97. The number of carboxylic acids is 1. The molecule has 0 aliphatic carbocycles. The van der Waals surface area contributed by atoms with Crippen molar-refractivity contribution in [3.8, 4) is 0 Å². The molecule has 0 heterocycles. The molecule has 0 bridgehead atoms. The predicted molar refractivity (Wildman–Crippen MR) is 108 cm³/mol. The first-order valence-corrected chi connectivity index (χ1v) is 11.0. The number of ether oxygens (including phenoxy) is 1. The zero-order chi connectivity index (χ0) is 20.5. The van der Waals surface area contributed by atoms with Crippen molar-refractivity contribution in [2.75, 3.05) is 27.2 Å². The van der Waals surface area contributed by atoms with Crippen LogP contribution in [0.4, 0.5) is 0 Å². The number of aliphatic carboxylic acids is 1. The topological polar surface area (TPSA) is 66.4 Å². The van der Waals surface area contributed by atoms with Gasteiger partial charge in [-0.1, -0.05) is 77.6 Å². The highest BCUT2D eigenvalue weighted by molar-refractivity contribution is 5.66. The van der Waals surface area contributed by atoms with Gasteiger partial charge in [0.05, 0.1) is 20.1 Å². The lowest BCUT2D eigenvalue weighted by Gasteiger charge is -2.33. The summed E-state index contributed by atoms with van der Waals surface area (Å²) in [5.74, 6) is -1.38. The third-order valence-electron chi connectivity index (χ3n) is 4.97. The van der Waals surface area contributed by atoms with E-state index >= 15 is 0 Å². The van der Waals surface area contributed by atoms with Gasteiger partial charge >= 0.3 is 5.97 Å². The number of hydrogen-bond donors (Lipinski definition) is 0. The maximum atomic E-state index is 11.3. The van der Waals surface area contributed by atoms with Crippen molar-refractivity contribution < 1.29 is 23.9 Å². The Balaban J connectivity index is 3.82. The zero-order valence-corrected chi connectivity index (χ0v) is 18.3. The van der Waals surface area contributed by atoms with Gasteiger partial charge in [0.2, 0.25) is 0 Å². The van der Waals surface area contributed by atoms with Gasteiger partial charge in [-0.2, -0.15) is 0 Å². The van der Waals surface area contributed by atoms with E-state index in [1.807, 2.05) is 14.1 Å². The van der Waals surface area contributed by atoms with Crippen LogP contribution in [0.1, 0.15) is 97.3 Å². The number of carbonyl (C=O) groups excluding carboxylic acids is 2. The Morgan fingerprint density at radius 2 is 1.30 bits per heavy atom. The number of carbonyl (C=O) groups is 2. The maximum Gasteiger partial charge on any atom is 0.303 e. The van der Waals surface area contributed by atoms with E-state index in [0.29, 0.717) is 6.54 Å². The summed E-state index contributed by atoms with van der Waals surface area (Å²) in [6.07, 6.45) is 16.1. The molecule has 0 saturated heterocycles. The molecule has 1 atom stereocenters. The molecule has 0 aromatic carbocycles. The lowest BCUT2D eigenvalue weighted by molar-refractivity contribution is -0.887. The Labute approximate surface area is 167 Å². The molecule has 0 aromatic heterocycles. The average Bonchev–Trinajstić information content (AvgIpc) is 2.53. The second kappa shape index (κ2) is 15.9. The van der Waals surface area contributed by atoms with Crippen molar-refractivity contribution >= 4 is 11.9 Å². The molecular formula is C22H43NO4. The number of hydrogen-bond acceptors (Lipinski definition) is 4. The van der Waals surface area contributed by atoms with Crippen LogP contribution in [0.15, 0.2) is 0 Å². The molecule has 0 radical (unpaired) electrons. The lowest BCUT2D eigenvalue weighted by atomic mass is 10.0. The monoisotopic (exact) mass is 385 g/mol. The highest BCUT2D eigenvalue weighted by Crippen LogP contribution is 2.15. The van der Waals surface area contributed by atoms with Crippen molar-refractivity contribution in [2.24, 2.45) is 0 Å². The summed E-state index contributed by atoms with van der Waals surface area (Å²) < 4.78 is 5.66. The van der Waals surface area contributed by atoms with Crippen LogP contribution in [0.25, 0.3) is 0 Å². The highest BCUT2D eigenvalue weighted by Gasteiger charge is 2.24. The number of rotatable bonds is 18. The van der Waals surface area contributed by atoms with Crippen LogP contribution >= 0.6 is 0 Å². The summed E-state index contributed by atoms with van der Waals surface area (Å²) in [6, 6.07) is 0. The van der Waals surface area contributed by atoms with E-state index in [-0.39, 0.29) is 23.1 Å². The number of nitrogens with zero attached hydrogens (tertiary/aromatic N) is 1. The second-order valence-corrected chi connectivity index (χ2v) is 8.56. The minimum absolute atomic E-state index is 0.0732. The smallest absolute Gasteiger partial charge is 0.303 e. The Morgan fingerprint density at radius 1 is 0.852 bits per heavy atom. The summed E-state index contributed by atoms with van der Waals surface area (Å²) in [4.78, 5) is 22.2. The van der Waals surface area contributed by atoms with E-state index in [0.717, 1.165) is 19.3 Å². The SMILES string of the molecule is CCCCCCCCCCCCCCC(C[N+](C)(C)CC(=O)[O-])OC(C)=O. The van der Waals surface area contributed by atoms with E-state index in [1.54, 1.807) is 0 Å². The van der Waals surface area contributed by atoms with Crippen molar-refractivity contribution in [1.29, 1.82) is 0 Å². The van der Waals surface area contributed by atoms with Gasteiger partial charge in [-0.05, 0) is 12.8 Å². The Kier molecular flexibility index (Phi) is 15.3. The third kappa shape index (κ3) is 18.0. The van der Waals surface area contributed by atoms with Gasteiger partial charge in [-0.15, -0.1) is 0 Å². The largest absolute Gasteiger partial charge is 0.544 e. The van der Waals surface area contributed by atoms with Crippen LogP contribution in [0.2, 0.25) is 0 Å². The van der Waals surface area contributed by atoms with E-state index in [9.17, 15) is 14.7 Å². The summed E-state index contributed by atoms with van der Waals surface area (Å²) in [7, 11) is 3.66. The standard InChI is InChI=1S/C22H43NO4/c1-5-6-7-8-9-10-11-12-13-14-15-16-17-21(27-20(2)24)18-23(3,4)19-22(25)26/h21H,5-19H2,1-4H3. The molecule has 0 fully saturated rings. The van der Waals surface area contributed by atoms with Crippen LogP contribution in [-0.2, 0) is 14.3 Å². The van der Waals surface area contributed by atoms with Crippen molar-refractivity contribution in [1.82, 2.24) is 0 Å². The fourth-order valence-electron chi connectivity index (χ4n) is 3.60. The fourth-order valence-corrected chi connectivity index (χ4v) is 3.60. The molecule has 5 nitrogen and oxygen atoms in total. The molecule has 0 aliphatic rings. The molecule has 160 valence electrons. The molecule has 0 saturated carbocycles. The highest BCUT2D eigenvalue weighted by atomic mass is 16.5. The molecule has 0 aliphatic heterocycles. The van der Waals surface area contributed by atoms with E-state index in [1.165, 1.54) is 71.1 Å². The molecule has 0 N–H and O–H groups in total. The number of likely N-dealkylation sites (N-methyl/N-ethyl adjacent to an activating group) is 1. The number of unbranched alkanes of at least 4 members (excludes halogenated alkanes) is 11. The van der Waals surface area contributed by atoms with E-state index in [4.69, 9.17) is 4.74 Å². The molecule has 27 heavy (non-hydrogen) atoms. The summed E-state index contributed by atoms with van der Waals surface area (Å²) in [6.45, 7) is 4.10. The molecule has 0 spiro atoms. The summed E-state index contributed by atoms with van der Waals surface area (Å²) in [5, 5.41) is 10.9. The van der Waals surface area contributed by atoms with Gasteiger partial charge in [-0.3, -0.25) is 4.79 Å². The van der Waals surface area contributed by atoms with Gasteiger partial charge in [0.15, 0.2) is 6.10 Å². The van der Waals surface area contributed by atoms with Crippen molar-refractivity contribution in [2.45, 2.75) is 103 Å².